The second-order valence-electron chi connectivity index (χ2n) is 6.94. The van der Waals surface area contributed by atoms with Crippen LogP contribution in [0.15, 0.2) is 29.6 Å². The highest BCUT2D eigenvalue weighted by Gasteiger charge is 2.13. The molecule has 130 valence electrons. The van der Waals surface area contributed by atoms with Crippen LogP contribution >= 0.6 is 11.3 Å². The number of carbonyl (C=O) groups is 1. The van der Waals surface area contributed by atoms with Crippen molar-refractivity contribution in [3.05, 3.63) is 46.5 Å². The van der Waals surface area contributed by atoms with Crippen molar-refractivity contribution in [1.29, 1.82) is 0 Å². The van der Waals surface area contributed by atoms with E-state index < -0.39 is 0 Å². The smallest absolute Gasteiger partial charge is 0.220 e. The van der Waals surface area contributed by atoms with Crippen LogP contribution in [0, 0.1) is 0 Å². The number of amides is 1. The fourth-order valence-electron chi connectivity index (χ4n) is 2.38. The third-order valence-corrected chi connectivity index (χ3v) is 4.84. The van der Waals surface area contributed by atoms with Gasteiger partial charge in [-0.05, 0) is 23.0 Å². The third-order valence-electron chi connectivity index (χ3n) is 3.93. The first-order chi connectivity index (χ1) is 11.4. The first-order valence-corrected chi connectivity index (χ1v) is 9.25. The number of nitrogens with one attached hydrogen (secondary N) is 2. The number of nitrogens with zero attached hydrogens (tertiary/aromatic N) is 1. The summed E-state index contributed by atoms with van der Waals surface area (Å²) in [5.41, 5.74) is 3.71. The second kappa shape index (κ2) is 8.29. The number of hydrogen-bond donors (Lipinski definition) is 2. The average molecular weight is 346 g/mol. The number of thiazole rings is 1. The number of anilines is 1. The molecule has 1 aromatic carbocycles. The molecule has 0 saturated heterocycles. The molecule has 0 bridgehead atoms. The third kappa shape index (κ3) is 5.64. The van der Waals surface area contributed by atoms with E-state index in [4.69, 9.17) is 0 Å². The van der Waals surface area contributed by atoms with Gasteiger partial charge >= 0.3 is 0 Å². The van der Waals surface area contributed by atoms with Crippen LogP contribution in [-0.4, -0.2) is 24.5 Å². The Morgan fingerprint density at radius 1 is 1.17 bits per heavy atom. The summed E-state index contributed by atoms with van der Waals surface area (Å²) in [6.07, 6.45) is 2.06. The molecule has 1 heterocycles. The molecular formula is C19H27N3OS. The molecule has 2 N–H and O–H groups in total. The van der Waals surface area contributed by atoms with Gasteiger partial charge in [-0.3, -0.25) is 4.79 Å². The van der Waals surface area contributed by atoms with Gasteiger partial charge in [0.05, 0.1) is 5.69 Å². The van der Waals surface area contributed by atoms with Gasteiger partial charge in [0.1, 0.15) is 0 Å². The van der Waals surface area contributed by atoms with Crippen LogP contribution < -0.4 is 10.6 Å². The lowest BCUT2D eigenvalue weighted by molar-refractivity contribution is -0.121. The van der Waals surface area contributed by atoms with Crippen LogP contribution in [-0.2, 0) is 23.1 Å². The Morgan fingerprint density at radius 3 is 2.46 bits per heavy atom. The Kier molecular flexibility index (Phi) is 6.37. The fourth-order valence-corrected chi connectivity index (χ4v) is 3.09. The summed E-state index contributed by atoms with van der Waals surface area (Å²) in [7, 11) is 1.86. The summed E-state index contributed by atoms with van der Waals surface area (Å²) in [6, 6.07) is 8.58. The minimum Gasteiger partial charge on any atom is -0.365 e. The van der Waals surface area contributed by atoms with Crippen molar-refractivity contribution in [2.45, 2.75) is 45.4 Å². The zero-order valence-electron chi connectivity index (χ0n) is 15.0. The topological polar surface area (TPSA) is 54.0 Å². The molecule has 1 aromatic heterocycles. The quantitative estimate of drug-likeness (QED) is 0.803. The van der Waals surface area contributed by atoms with E-state index in [1.807, 2.05) is 12.4 Å². The Morgan fingerprint density at radius 2 is 1.88 bits per heavy atom. The summed E-state index contributed by atoms with van der Waals surface area (Å²) in [4.78, 5) is 16.4. The zero-order chi connectivity index (χ0) is 17.6. The number of benzene rings is 1. The van der Waals surface area contributed by atoms with Crippen molar-refractivity contribution in [2.75, 3.05) is 18.9 Å². The van der Waals surface area contributed by atoms with Gasteiger partial charge in [0, 0.05) is 31.8 Å². The number of aryl methyl sites for hydroxylation is 1. The predicted molar refractivity (Wildman–Crippen MR) is 102 cm³/mol. The van der Waals surface area contributed by atoms with E-state index in [0.717, 1.165) is 23.7 Å². The van der Waals surface area contributed by atoms with E-state index in [9.17, 15) is 4.79 Å². The molecule has 0 radical (unpaired) electrons. The molecular weight excluding hydrogens is 318 g/mol. The van der Waals surface area contributed by atoms with E-state index in [1.165, 1.54) is 11.1 Å². The molecule has 0 aliphatic heterocycles. The maximum absolute atomic E-state index is 12.0. The van der Waals surface area contributed by atoms with Crippen LogP contribution in [0.1, 0.15) is 44.0 Å². The summed E-state index contributed by atoms with van der Waals surface area (Å²) in [6.45, 7) is 7.25. The minimum atomic E-state index is 0.0963. The lowest BCUT2D eigenvalue weighted by Crippen LogP contribution is -2.26. The van der Waals surface area contributed by atoms with E-state index in [0.29, 0.717) is 13.0 Å². The maximum Gasteiger partial charge on any atom is 0.220 e. The molecule has 2 rings (SSSR count). The largest absolute Gasteiger partial charge is 0.365 e. The zero-order valence-corrected chi connectivity index (χ0v) is 15.8. The molecule has 0 atom stereocenters. The lowest BCUT2D eigenvalue weighted by Gasteiger charge is -2.19. The van der Waals surface area contributed by atoms with Gasteiger partial charge in [0.25, 0.3) is 0 Å². The van der Waals surface area contributed by atoms with Crippen molar-refractivity contribution in [3.63, 3.8) is 0 Å². The molecule has 24 heavy (non-hydrogen) atoms. The molecule has 0 aliphatic carbocycles. The number of hydrogen-bond acceptors (Lipinski definition) is 4. The first-order valence-electron chi connectivity index (χ1n) is 8.37. The summed E-state index contributed by atoms with van der Waals surface area (Å²) in [5, 5.41) is 8.92. The van der Waals surface area contributed by atoms with Crippen LogP contribution in [0.25, 0.3) is 0 Å². The predicted octanol–water partition coefficient (Wildman–Crippen LogP) is 3.77. The second-order valence-corrected chi connectivity index (χ2v) is 7.80. The van der Waals surface area contributed by atoms with E-state index in [1.54, 1.807) is 11.3 Å². The van der Waals surface area contributed by atoms with Crippen LogP contribution in [0.3, 0.4) is 0 Å². The van der Waals surface area contributed by atoms with Gasteiger partial charge in [0.2, 0.25) is 5.91 Å². The minimum absolute atomic E-state index is 0.0963. The van der Waals surface area contributed by atoms with Crippen molar-refractivity contribution in [1.82, 2.24) is 10.3 Å². The van der Waals surface area contributed by atoms with Gasteiger partial charge < -0.3 is 10.6 Å². The molecule has 0 spiro atoms. The standard InChI is InChI=1S/C19H27N3OS/c1-19(2,3)15-8-5-14(6-9-15)7-10-17(23)21-12-11-16-13-24-18(20-4)22-16/h5-6,8-9,13H,7,10-12H2,1-4H3,(H,20,22)(H,21,23). The van der Waals surface area contributed by atoms with E-state index in [2.05, 4.69) is 60.7 Å². The van der Waals surface area contributed by atoms with Crippen LogP contribution in [0.4, 0.5) is 5.13 Å². The van der Waals surface area contributed by atoms with Gasteiger partial charge in [-0.2, -0.15) is 0 Å². The van der Waals surface area contributed by atoms with Crippen molar-refractivity contribution < 1.29 is 4.79 Å². The number of rotatable bonds is 7. The molecule has 5 heteroatoms. The summed E-state index contributed by atoms with van der Waals surface area (Å²) >= 11 is 1.58. The molecule has 4 nitrogen and oxygen atoms in total. The van der Waals surface area contributed by atoms with Crippen molar-refractivity contribution >= 4 is 22.4 Å². The Bertz CT molecular complexity index is 656. The Hall–Kier alpha value is -1.88. The molecule has 0 unspecified atom stereocenters. The van der Waals surface area contributed by atoms with Gasteiger partial charge in [-0.15, -0.1) is 11.3 Å². The summed E-state index contributed by atoms with van der Waals surface area (Å²) in [5.74, 6) is 0.0963. The maximum atomic E-state index is 12.0. The highest BCUT2D eigenvalue weighted by atomic mass is 32.1. The number of aromatic nitrogens is 1. The Balaban J connectivity index is 1.71. The van der Waals surface area contributed by atoms with E-state index in [-0.39, 0.29) is 11.3 Å². The summed E-state index contributed by atoms with van der Waals surface area (Å²) < 4.78 is 0. The monoisotopic (exact) mass is 345 g/mol. The Labute approximate surface area is 148 Å². The first kappa shape index (κ1) is 18.5. The van der Waals surface area contributed by atoms with E-state index >= 15 is 0 Å². The number of carbonyl (C=O) groups excluding carboxylic acids is 1. The molecule has 2 aromatic rings. The SMILES string of the molecule is CNc1nc(CCNC(=O)CCc2ccc(C(C)(C)C)cc2)cs1. The van der Waals surface area contributed by atoms with Crippen molar-refractivity contribution in [2.24, 2.45) is 0 Å². The van der Waals surface area contributed by atoms with Crippen LogP contribution in [0.2, 0.25) is 0 Å². The molecule has 1 amide bonds. The molecule has 0 fully saturated rings. The molecule has 0 saturated carbocycles. The fraction of sp³-hybridized carbons (Fsp3) is 0.474. The van der Waals surface area contributed by atoms with Gasteiger partial charge in [-0.25, -0.2) is 4.98 Å². The van der Waals surface area contributed by atoms with Crippen LogP contribution in [0.5, 0.6) is 0 Å². The average Bonchev–Trinajstić information content (AvgIpc) is 3.00. The normalized spacial score (nSPS) is 11.3. The highest BCUT2D eigenvalue weighted by Crippen LogP contribution is 2.22. The molecule has 0 aliphatic rings. The van der Waals surface area contributed by atoms with Crippen molar-refractivity contribution in [3.8, 4) is 0 Å². The lowest BCUT2D eigenvalue weighted by atomic mass is 9.86. The highest BCUT2D eigenvalue weighted by molar-refractivity contribution is 7.13. The van der Waals surface area contributed by atoms with Gasteiger partial charge in [0.15, 0.2) is 5.13 Å². The van der Waals surface area contributed by atoms with Gasteiger partial charge in [-0.1, -0.05) is 45.0 Å².